The fraction of sp³-hybridized carbons (Fsp3) is 0.304. The number of hydrogen-bond acceptors (Lipinski definition) is 4. The van der Waals surface area contributed by atoms with E-state index in [0.717, 1.165) is 36.5 Å². The van der Waals surface area contributed by atoms with Crippen molar-refractivity contribution in [2.24, 2.45) is 4.99 Å². The number of aromatic nitrogens is 2. The smallest absolute Gasteiger partial charge is 0.191 e. The Balaban J connectivity index is 0.00000341. The van der Waals surface area contributed by atoms with Crippen LogP contribution in [0.5, 0.6) is 5.75 Å². The first kappa shape index (κ1) is 24.7. The van der Waals surface area contributed by atoms with Gasteiger partial charge >= 0.3 is 0 Å². The molecular weight excluding hydrogens is 505 g/mol. The zero-order valence-electron chi connectivity index (χ0n) is 17.9. The standard InChI is InChI=1S/C23H29N5O2.HI/c1-3-24-23(26-17-22(29)19-6-4-7-21(16-19)30-2)25-14-12-18-8-10-20(11-9-18)28-15-5-13-27-28;/h4-11,13,15-16,22,29H,3,12,14,17H2,1-2H3,(H2,24,25,26);1H. The van der Waals surface area contributed by atoms with Crippen molar-refractivity contribution in [2.75, 3.05) is 26.7 Å². The molecule has 0 amide bonds. The number of aliphatic imine (C=N–C) groups is 1. The highest BCUT2D eigenvalue weighted by molar-refractivity contribution is 14.0. The molecule has 0 fully saturated rings. The zero-order valence-corrected chi connectivity index (χ0v) is 20.2. The summed E-state index contributed by atoms with van der Waals surface area (Å²) in [5, 5.41) is 21.2. The van der Waals surface area contributed by atoms with Crippen LogP contribution in [0, 0.1) is 0 Å². The largest absolute Gasteiger partial charge is 0.497 e. The molecular formula is C23H30IN5O2. The predicted octanol–water partition coefficient (Wildman–Crippen LogP) is 3.33. The maximum Gasteiger partial charge on any atom is 0.191 e. The summed E-state index contributed by atoms with van der Waals surface area (Å²) < 4.78 is 7.06. The van der Waals surface area contributed by atoms with Gasteiger partial charge < -0.3 is 20.5 Å². The molecule has 166 valence electrons. The van der Waals surface area contributed by atoms with Gasteiger partial charge in [-0.15, -0.1) is 24.0 Å². The Labute approximate surface area is 200 Å². The van der Waals surface area contributed by atoms with Crippen LogP contribution in [0.2, 0.25) is 0 Å². The number of guanidine groups is 1. The van der Waals surface area contributed by atoms with E-state index in [1.807, 2.05) is 48.1 Å². The number of halogens is 1. The molecule has 3 rings (SSSR count). The summed E-state index contributed by atoms with van der Waals surface area (Å²) in [6.45, 7) is 3.77. The van der Waals surface area contributed by atoms with E-state index in [9.17, 15) is 5.11 Å². The average molecular weight is 535 g/mol. The van der Waals surface area contributed by atoms with Crippen molar-refractivity contribution in [1.82, 2.24) is 20.4 Å². The van der Waals surface area contributed by atoms with Crippen molar-refractivity contribution in [1.29, 1.82) is 0 Å². The van der Waals surface area contributed by atoms with Crippen LogP contribution in [0.4, 0.5) is 0 Å². The summed E-state index contributed by atoms with van der Waals surface area (Å²) >= 11 is 0. The van der Waals surface area contributed by atoms with E-state index in [1.165, 1.54) is 5.56 Å². The van der Waals surface area contributed by atoms with E-state index < -0.39 is 6.10 Å². The second-order valence-electron chi connectivity index (χ2n) is 6.81. The minimum absolute atomic E-state index is 0. The second-order valence-corrected chi connectivity index (χ2v) is 6.81. The summed E-state index contributed by atoms with van der Waals surface area (Å²) in [5.41, 5.74) is 3.05. The van der Waals surface area contributed by atoms with Gasteiger partial charge in [-0.3, -0.25) is 4.99 Å². The van der Waals surface area contributed by atoms with E-state index >= 15 is 0 Å². The Morgan fingerprint density at radius 2 is 1.97 bits per heavy atom. The molecule has 31 heavy (non-hydrogen) atoms. The first-order valence-electron chi connectivity index (χ1n) is 10.1. The first-order valence-corrected chi connectivity index (χ1v) is 10.1. The molecule has 0 bridgehead atoms. The number of nitrogens with one attached hydrogen (secondary N) is 2. The van der Waals surface area contributed by atoms with Crippen LogP contribution < -0.4 is 15.4 Å². The van der Waals surface area contributed by atoms with E-state index in [2.05, 4.69) is 45.0 Å². The fourth-order valence-electron chi connectivity index (χ4n) is 3.04. The van der Waals surface area contributed by atoms with Gasteiger partial charge in [0.15, 0.2) is 5.96 Å². The summed E-state index contributed by atoms with van der Waals surface area (Å²) in [4.78, 5) is 4.52. The van der Waals surface area contributed by atoms with E-state index in [4.69, 9.17) is 4.74 Å². The highest BCUT2D eigenvalue weighted by Crippen LogP contribution is 2.19. The molecule has 0 aliphatic carbocycles. The molecule has 0 spiro atoms. The number of rotatable bonds is 9. The molecule has 7 nitrogen and oxygen atoms in total. The molecule has 1 atom stereocenters. The van der Waals surface area contributed by atoms with Crippen LogP contribution in [0.3, 0.4) is 0 Å². The first-order chi connectivity index (χ1) is 14.7. The van der Waals surface area contributed by atoms with Gasteiger partial charge in [0, 0.05) is 25.5 Å². The minimum atomic E-state index is -0.689. The number of aliphatic hydroxyl groups is 1. The normalized spacial score (nSPS) is 12.0. The molecule has 1 aromatic heterocycles. The van der Waals surface area contributed by atoms with Gasteiger partial charge in [0.1, 0.15) is 5.75 Å². The molecule has 3 N–H and O–H groups in total. The third kappa shape index (κ3) is 7.55. The van der Waals surface area contributed by atoms with Crippen molar-refractivity contribution in [3.8, 4) is 11.4 Å². The highest BCUT2D eigenvalue weighted by atomic mass is 127. The Morgan fingerprint density at radius 1 is 1.16 bits per heavy atom. The Bertz CT molecular complexity index is 929. The molecule has 0 saturated carbocycles. The van der Waals surface area contributed by atoms with E-state index in [1.54, 1.807) is 13.3 Å². The number of methoxy groups -OCH3 is 1. The minimum Gasteiger partial charge on any atom is -0.497 e. The zero-order chi connectivity index (χ0) is 21.2. The quantitative estimate of drug-likeness (QED) is 0.223. The molecule has 1 heterocycles. The van der Waals surface area contributed by atoms with Crippen LogP contribution in [0.25, 0.3) is 5.69 Å². The van der Waals surface area contributed by atoms with Crippen molar-refractivity contribution in [3.05, 3.63) is 78.1 Å². The second kappa shape index (κ2) is 13.0. The van der Waals surface area contributed by atoms with Gasteiger partial charge in [0.2, 0.25) is 0 Å². The lowest BCUT2D eigenvalue weighted by Crippen LogP contribution is -2.38. The number of nitrogens with zero attached hydrogens (tertiary/aromatic N) is 3. The van der Waals surface area contributed by atoms with Gasteiger partial charge in [-0.1, -0.05) is 24.3 Å². The SMILES string of the molecule is CCNC(=NCC(O)c1cccc(OC)c1)NCCc1ccc(-n2cccn2)cc1.I. The molecule has 0 saturated heterocycles. The van der Waals surface area contributed by atoms with Gasteiger partial charge in [-0.2, -0.15) is 5.10 Å². The lowest BCUT2D eigenvalue weighted by atomic mass is 10.1. The van der Waals surface area contributed by atoms with Gasteiger partial charge in [-0.05, 0) is 54.8 Å². The third-order valence-electron chi connectivity index (χ3n) is 4.66. The van der Waals surface area contributed by atoms with Gasteiger partial charge in [-0.25, -0.2) is 4.68 Å². The van der Waals surface area contributed by atoms with Crippen LogP contribution in [-0.2, 0) is 6.42 Å². The lowest BCUT2D eigenvalue weighted by Gasteiger charge is -2.14. The lowest BCUT2D eigenvalue weighted by molar-refractivity contribution is 0.186. The molecule has 8 heteroatoms. The van der Waals surface area contributed by atoms with Crippen molar-refractivity contribution in [3.63, 3.8) is 0 Å². The van der Waals surface area contributed by atoms with Gasteiger partial charge in [0.05, 0.1) is 25.4 Å². The van der Waals surface area contributed by atoms with Crippen molar-refractivity contribution >= 4 is 29.9 Å². The molecule has 1 unspecified atom stereocenters. The maximum atomic E-state index is 10.4. The molecule has 0 radical (unpaired) electrons. The summed E-state index contributed by atoms with van der Waals surface area (Å²) in [6, 6.07) is 17.7. The Kier molecular flexibility index (Phi) is 10.3. The Morgan fingerprint density at radius 3 is 2.65 bits per heavy atom. The van der Waals surface area contributed by atoms with E-state index in [-0.39, 0.29) is 30.5 Å². The average Bonchev–Trinajstić information content (AvgIpc) is 3.32. The molecule has 2 aromatic carbocycles. The Hall–Kier alpha value is -2.59. The summed E-state index contributed by atoms with van der Waals surface area (Å²) in [5.74, 6) is 1.41. The molecule has 0 aliphatic rings. The summed E-state index contributed by atoms with van der Waals surface area (Å²) in [6.07, 6.45) is 3.87. The number of hydrogen-bond donors (Lipinski definition) is 3. The van der Waals surface area contributed by atoms with Crippen LogP contribution in [-0.4, -0.2) is 47.6 Å². The van der Waals surface area contributed by atoms with Crippen LogP contribution >= 0.6 is 24.0 Å². The van der Waals surface area contributed by atoms with Crippen LogP contribution in [0.15, 0.2) is 72.0 Å². The fourth-order valence-corrected chi connectivity index (χ4v) is 3.04. The summed E-state index contributed by atoms with van der Waals surface area (Å²) in [7, 11) is 1.61. The van der Waals surface area contributed by atoms with E-state index in [0.29, 0.717) is 5.96 Å². The van der Waals surface area contributed by atoms with Gasteiger partial charge in [0.25, 0.3) is 0 Å². The third-order valence-corrected chi connectivity index (χ3v) is 4.66. The maximum absolute atomic E-state index is 10.4. The molecule has 0 aliphatic heterocycles. The number of ether oxygens (including phenoxy) is 1. The monoisotopic (exact) mass is 535 g/mol. The number of benzene rings is 2. The topological polar surface area (TPSA) is 83.7 Å². The highest BCUT2D eigenvalue weighted by Gasteiger charge is 2.08. The van der Waals surface area contributed by atoms with Crippen LogP contribution in [0.1, 0.15) is 24.2 Å². The molecule has 3 aromatic rings. The van der Waals surface area contributed by atoms with Crippen molar-refractivity contribution in [2.45, 2.75) is 19.4 Å². The number of aliphatic hydroxyl groups excluding tert-OH is 1. The predicted molar refractivity (Wildman–Crippen MR) is 135 cm³/mol. The van der Waals surface area contributed by atoms with Crippen molar-refractivity contribution < 1.29 is 9.84 Å².